The third-order valence-corrected chi connectivity index (χ3v) is 5.44. The number of aromatic nitrogens is 2. The number of rotatable bonds is 3. The molecule has 0 radical (unpaired) electrons. The highest BCUT2D eigenvalue weighted by molar-refractivity contribution is 5.90. The van der Waals surface area contributed by atoms with Crippen LogP contribution in [0.5, 0.6) is 11.6 Å². The first kappa shape index (κ1) is 17.8. The molecule has 0 aliphatic carbocycles. The first-order valence-corrected chi connectivity index (χ1v) is 9.49. The van der Waals surface area contributed by atoms with E-state index in [-0.39, 0.29) is 5.88 Å². The normalized spacial score (nSPS) is 15.4. The van der Waals surface area contributed by atoms with Gasteiger partial charge >= 0.3 is 0 Å². The molecule has 0 saturated heterocycles. The average molecular weight is 394 g/mol. The number of ether oxygens (including phenoxy) is 2. The molecule has 6 nitrogen and oxygen atoms in total. The molecule has 5 rings (SSSR count). The molecule has 3 N–H and O–H groups in total. The SMILES string of the molecule is COc1ccc2ccccc2c1[C@@H]1C(C#N)=C(N)Oc2n[nH]c(-c3ccccc3)c21. The number of nitrogens with one attached hydrogen (secondary N) is 1. The topological polar surface area (TPSA) is 96.9 Å². The Morgan fingerprint density at radius 2 is 1.80 bits per heavy atom. The van der Waals surface area contributed by atoms with Gasteiger partial charge in [0.25, 0.3) is 0 Å². The Hall–Kier alpha value is -4.24. The summed E-state index contributed by atoms with van der Waals surface area (Å²) >= 11 is 0. The van der Waals surface area contributed by atoms with E-state index < -0.39 is 5.92 Å². The van der Waals surface area contributed by atoms with E-state index in [1.165, 1.54) is 0 Å². The van der Waals surface area contributed by atoms with Gasteiger partial charge in [0.15, 0.2) is 0 Å². The third kappa shape index (κ3) is 2.60. The van der Waals surface area contributed by atoms with Gasteiger partial charge in [-0.1, -0.05) is 60.7 Å². The van der Waals surface area contributed by atoms with Crippen LogP contribution in [0.4, 0.5) is 0 Å². The van der Waals surface area contributed by atoms with Crippen molar-refractivity contribution in [3.05, 3.63) is 89.3 Å². The lowest BCUT2D eigenvalue weighted by Crippen LogP contribution is -2.21. The van der Waals surface area contributed by atoms with Gasteiger partial charge in [0.2, 0.25) is 11.8 Å². The van der Waals surface area contributed by atoms with Crippen LogP contribution in [0.15, 0.2) is 78.2 Å². The fraction of sp³-hybridized carbons (Fsp3) is 0.0833. The number of hydrogen-bond donors (Lipinski definition) is 2. The lowest BCUT2D eigenvalue weighted by atomic mass is 9.80. The minimum atomic E-state index is -0.492. The van der Waals surface area contributed by atoms with E-state index in [2.05, 4.69) is 16.3 Å². The number of nitrogens with two attached hydrogens (primary N) is 1. The second-order valence-electron chi connectivity index (χ2n) is 7.01. The summed E-state index contributed by atoms with van der Waals surface area (Å²) in [6, 6.07) is 24.0. The Bertz CT molecular complexity index is 1330. The zero-order chi connectivity index (χ0) is 20.7. The van der Waals surface area contributed by atoms with Crippen molar-refractivity contribution in [1.29, 1.82) is 5.26 Å². The van der Waals surface area contributed by atoms with E-state index in [1.54, 1.807) is 7.11 Å². The average Bonchev–Trinajstić information content (AvgIpc) is 3.21. The van der Waals surface area contributed by atoms with E-state index >= 15 is 0 Å². The first-order chi connectivity index (χ1) is 14.7. The summed E-state index contributed by atoms with van der Waals surface area (Å²) in [4.78, 5) is 0. The number of benzene rings is 3. The summed E-state index contributed by atoms with van der Waals surface area (Å²) in [6.45, 7) is 0. The second-order valence-corrected chi connectivity index (χ2v) is 7.01. The van der Waals surface area contributed by atoms with Crippen molar-refractivity contribution in [3.63, 3.8) is 0 Å². The summed E-state index contributed by atoms with van der Waals surface area (Å²) in [6.07, 6.45) is 0. The number of nitrogens with zero attached hydrogens (tertiary/aromatic N) is 2. The van der Waals surface area contributed by atoms with Crippen molar-refractivity contribution >= 4 is 10.8 Å². The summed E-state index contributed by atoms with van der Waals surface area (Å²) < 4.78 is 11.5. The van der Waals surface area contributed by atoms with Crippen molar-refractivity contribution in [1.82, 2.24) is 10.2 Å². The molecule has 6 heteroatoms. The molecule has 1 aromatic heterocycles. The molecule has 1 aliphatic rings. The number of hydrogen-bond acceptors (Lipinski definition) is 5. The lowest BCUT2D eigenvalue weighted by Gasteiger charge is -2.26. The van der Waals surface area contributed by atoms with Crippen LogP contribution in [0.1, 0.15) is 17.0 Å². The maximum atomic E-state index is 10.0. The van der Waals surface area contributed by atoms with Crippen molar-refractivity contribution in [2.45, 2.75) is 5.92 Å². The number of nitriles is 1. The Labute approximate surface area is 173 Å². The highest BCUT2D eigenvalue weighted by Gasteiger charge is 2.38. The Morgan fingerprint density at radius 3 is 2.57 bits per heavy atom. The number of fused-ring (bicyclic) bond motifs is 2. The van der Waals surface area contributed by atoms with Gasteiger partial charge in [-0.3, -0.25) is 5.10 Å². The molecule has 3 aromatic carbocycles. The van der Waals surface area contributed by atoms with Crippen LogP contribution in [0, 0.1) is 11.3 Å². The van der Waals surface area contributed by atoms with Crippen LogP contribution < -0.4 is 15.2 Å². The fourth-order valence-corrected chi connectivity index (χ4v) is 4.11. The van der Waals surface area contributed by atoms with Crippen molar-refractivity contribution in [2.75, 3.05) is 7.11 Å². The van der Waals surface area contributed by atoms with Crippen molar-refractivity contribution in [2.24, 2.45) is 5.73 Å². The largest absolute Gasteiger partial charge is 0.496 e. The monoisotopic (exact) mass is 394 g/mol. The van der Waals surface area contributed by atoms with Crippen LogP contribution in [-0.4, -0.2) is 17.3 Å². The van der Waals surface area contributed by atoms with Crippen LogP contribution in [0.25, 0.3) is 22.0 Å². The predicted octanol–water partition coefficient (Wildman–Crippen LogP) is 4.46. The number of H-pyrrole nitrogens is 1. The van der Waals surface area contributed by atoms with Gasteiger partial charge in [-0.05, 0) is 22.4 Å². The lowest BCUT2D eigenvalue weighted by molar-refractivity contribution is 0.375. The van der Waals surface area contributed by atoms with Gasteiger partial charge in [-0.15, -0.1) is 5.10 Å². The molecule has 0 unspecified atom stereocenters. The van der Waals surface area contributed by atoms with E-state index in [0.29, 0.717) is 17.2 Å². The van der Waals surface area contributed by atoms with Crippen LogP contribution >= 0.6 is 0 Å². The minimum Gasteiger partial charge on any atom is -0.496 e. The van der Waals surface area contributed by atoms with Gasteiger partial charge in [-0.2, -0.15) is 5.26 Å². The summed E-state index contributed by atoms with van der Waals surface area (Å²) in [5.41, 5.74) is 9.83. The molecule has 0 fully saturated rings. The van der Waals surface area contributed by atoms with Crippen molar-refractivity contribution < 1.29 is 9.47 Å². The third-order valence-electron chi connectivity index (χ3n) is 5.44. The number of allylic oxidation sites excluding steroid dienone is 1. The van der Waals surface area contributed by atoms with Gasteiger partial charge in [0, 0.05) is 5.56 Å². The predicted molar refractivity (Wildman–Crippen MR) is 114 cm³/mol. The quantitative estimate of drug-likeness (QED) is 0.535. The minimum absolute atomic E-state index is 0.0519. The van der Waals surface area contributed by atoms with E-state index in [4.69, 9.17) is 15.2 Å². The molecule has 2 heterocycles. The molecule has 0 saturated carbocycles. The first-order valence-electron chi connectivity index (χ1n) is 9.49. The molecule has 30 heavy (non-hydrogen) atoms. The van der Waals surface area contributed by atoms with Gasteiger partial charge in [-0.25, -0.2) is 0 Å². The number of aromatic amines is 1. The standard InChI is InChI=1S/C24H18N4O2/c1-29-18-12-11-14-7-5-6-10-16(14)19(18)20-17(13-25)23(26)30-24-21(20)22(27-28-24)15-8-3-2-4-9-15/h2-12,20H,26H2,1H3,(H,27,28)/t20-/m0/s1. The maximum Gasteiger partial charge on any atom is 0.244 e. The fourth-order valence-electron chi connectivity index (χ4n) is 4.11. The van der Waals surface area contributed by atoms with Crippen LogP contribution in [0.2, 0.25) is 0 Å². The van der Waals surface area contributed by atoms with Crippen LogP contribution in [-0.2, 0) is 0 Å². The van der Waals surface area contributed by atoms with Gasteiger partial charge in [0.05, 0.1) is 24.3 Å². The molecule has 4 aromatic rings. The second kappa shape index (κ2) is 6.98. The molecule has 1 atom stereocenters. The van der Waals surface area contributed by atoms with Crippen molar-refractivity contribution in [3.8, 4) is 29.0 Å². The Kier molecular flexibility index (Phi) is 4.15. The van der Waals surface area contributed by atoms with Gasteiger partial charge < -0.3 is 15.2 Å². The molecule has 0 amide bonds. The van der Waals surface area contributed by atoms with E-state index in [9.17, 15) is 5.26 Å². The molecule has 0 bridgehead atoms. The summed E-state index contributed by atoms with van der Waals surface area (Å²) in [5, 5.41) is 19.5. The highest BCUT2D eigenvalue weighted by Crippen LogP contribution is 2.49. The maximum absolute atomic E-state index is 10.0. The summed E-state index contributed by atoms with van der Waals surface area (Å²) in [5.74, 6) is 0.600. The smallest absolute Gasteiger partial charge is 0.244 e. The highest BCUT2D eigenvalue weighted by atomic mass is 16.5. The van der Waals surface area contributed by atoms with Crippen LogP contribution in [0.3, 0.4) is 0 Å². The Morgan fingerprint density at radius 1 is 1.03 bits per heavy atom. The molecular formula is C24H18N4O2. The molecular weight excluding hydrogens is 376 g/mol. The van der Waals surface area contributed by atoms with E-state index in [0.717, 1.165) is 33.2 Å². The van der Waals surface area contributed by atoms with Gasteiger partial charge in [0.1, 0.15) is 17.4 Å². The molecule has 146 valence electrons. The summed E-state index contributed by atoms with van der Waals surface area (Å²) in [7, 11) is 1.63. The molecule has 0 spiro atoms. The zero-order valence-electron chi connectivity index (χ0n) is 16.2. The zero-order valence-corrected chi connectivity index (χ0v) is 16.2. The molecule has 1 aliphatic heterocycles. The van der Waals surface area contributed by atoms with E-state index in [1.807, 2.05) is 66.7 Å². The Balaban J connectivity index is 1.87. The number of methoxy groups -OCH3 is 1.